The van der Waals surface area contributed by atoms with Gasteiger partial charge in [0.1, 0.15) is 0 Å². The van der Waals surface area contributed by atoms with Crippen molar-refractivity contribution in [3.05, 3.63) is 28.2 Å². The van der Waals surface area contributed by atoms with Gasteiger partial charge in [-0.05, 0) is 40.9 Å². The lowest BCUT2D eigenvalue weighted by molar-refractivity contribution is 0.944. The molecule has 0 spiro atoms. The predicted molar refractivity (Wildman–Crippen MR) is 62.5 cm³/mol. The van der Waals surface area contributed by atoms with Crippen LogP contribution in [0.15, 0.2) is 22.7 Å². The minimum atomic E-state index is 1.04. The summed E-state index contributed by atoms with van der Waals surface area (Å²) < 4.78 is 1.19. The standard InChI is InChI=1S/C11H16BrN/c1-4-9-7-6-8-10(12)11(9)13(3)5-2/h6-8H,4-5H2,1-3H3. The largest absolute Gasteiger partial charge is 0.374 e. The molecule has 0 unspecified atom stereocenters. The number of benzene rings is 1. The van der Waals surface area contributed by atoms with Gasteiger partial charge in [-0.1, -0.05) is 19.1 Å². The van der Waals surface area contributed by atoms with Gasteiger partial charge in [-0.3, -0.25) is 0 Å². The number of nitrogens with zero attached hydrogens (tertiary/aromatic N) is 1. The van der Waals surface area contributed by atoms with Crippen LogP contribution >= 0.6 is 15.9 Å². The fourth-order valence-corrected chi connectivity index (χ4v) is 2.14. The van der Waals surface area contributed by atoms with E-state index in [1.165, 1.54) is 15.7 Å². The van der Waals surface area contributed by atoms with Crippen molar-refractivity contribution in [3.8, 4) is 0 Å². The molecule has 1 nitrogen and oxygen atoms in total. The predicted octanol–water partition coefficient (Wildman–Crippen LogP) is 3.47. The average Bonchev–Trinajstić information content (AvgIpc) is 2.16. The Labute approximate surface area is 88.9 Å². The maximum Gasteiger partial charge on any atom is 0.0540 e. The van der Waals surface area contributed by atoms with Crippen LogP contribution in [0.3, 0.4) is 0 Å². The van der Waals surface area contributed by atoms with E-state index in [4.69, 9.17) is 0 Å². The fourth-order valence-electron chi connectivity index (χ4n) is 1.43. The molecule has 0 aliphatic carbocycles. The van der Waals surface area contributed by atoms with E-state index >= 15 is 0 Å². The third-order valence-corrected chi connectivity index (χ3v) is 2.95. The van der Waals surface area contributed by atoms with E-state index in [9.17, 15) is 0 Å². The Morgan fingerprint density at radius 2 is 2.00 bits per heavy atom. The van der Waals surface area contributed by atoms with Crippen molar-refractivity contribution in [2.45, 2.75) is 20.3 Å². The van der Waals surface area contributed by atoms with Crippen LogP contribution in [-0.4, -0.2) is 13.6 Å². The van der Waals surface area contributed by atoms with Crippen molar-refractivity contribution in [2.75, 3.05) is 18.5 Å². The van der Waals surface area contributed by atoms with E-state index in [0.717, 1.165) is 13.0 Å². The first-order valence-corrected chi connectivity index (χ1v) is 5.48. The van der Waals surface area contributed by atoms with Gasteiger partial charge in [0.2, 0.25) is 0 Å². The summed E-state index contributed by atoms with van der Waals surface area (Å²) in [6, 6.07) is 6.38. The van der Waals surface area contributed by atoms with Crippen LogP contribution in [0, 0.1) is 0 Å². The first-order chi connectivity index (χ1) is 6.20. The van der Waals surface area contributed by atoms with Gasteiger partial charge >= 0.3 is 0 Å². The Morgan fingerprint density at radius 1 is 1.31 bits per heavy atom. The minimum Gasteiger partial charge on any atom is -0.374 e. The molecule has 0 radical (unpaired) electrons. The molecule has 0 aliphatic rings. The van der Waals surface area contributed by atoms with Crippen LogP contribution in [-0.2, 0) is 6.42 Å². The van der Waals surface area contributed by atoms with E-state index < -0.39 is 0 Å². The molecular weight excluding hydrogens is 226 g/mol. The van der Waals surface area contributed by atoms with Crippen molar-refractivity contribution in [3.63, 3.8) is 0 Å². The molecule has 1 rings (SSSR count). The Hall–Kier alpha value is -0.500. The second-order valence-electron chi connectivity index (χ2n) is 3.12. The number of anilines is 1. The van der Waals surface area contributed by atoms with Gasteiger partial charge in [-0.2, -0.15) is 0 Å². The first kappa shape index (κ1) is 10.6. The number of rotatable bonds is 3. The van der Waals surface area contributed by atoms with Crippen LogP contribution < -0.4 is 4.90 Å². The molecule has 0 fully saturated rings. The number of para-hydroxylation sites is 1. The van der Waals surface area contributed by atoms with Crippen molar-refractivity contribution in [1.82, 2.24) is 0 Å². The van der Waals surface area contributed by atoms with Gasteiger partial charge in [0, 0.05) is 18.1 Å². The topological polar surface area (TPSA) is 3.24 Å². The Kier molecular flexibility index (Phi) is 3.79. The minimum absolute atomic E-state index is 1.04. The summed E-state index contributed by atoms with van der Waals surface area (Å²) in [6.07, 6.45) is 1.08. The molecule has 0 heterocycles. The highest BCUT2D eigenvalue weighted by atomic mass is 79.9. The highest BCUT2D eigenvalue weighted by Crippen LogP contribution is 2.29. The lowest BCUT2D eigenvalue weighted by Gasteiger charge is -2.21. The molecule has 1 aromatic carbocycles. The van der Waals surface area contributed by atoms with E-state index in [2.05, 4.69) is 59.9 Å². The molecule has 72 valence electrons. The maximum absolute atomic E-state index is 3.59. The summed E-state index contributed by atoms with van der Waals surface area (Å²) in [5.74, 6) is 0. The first-order valence-electron chi connectivity index (χ1n) is 4.69. The zero-order valence-corrected chi connectivity index (χ0v) is 10.1. The zero-order valence-electron chi connectivity index (χ0n) is 8.47. The fraction of sp³-hybridized carbons (Fsp3) is 0.455. The monoisotopic (exact) mass is 241 g/mol. The highest BCUT2D eigenvalue weighted by molar-refractivity contribution is 9.10. The van der Waals surface area contributed by atoms with Crippen LogP contribution in [0.4, 0.5) is 5.69 Å². The molecule has 0 bridgehead atoms. The summed E-state index contributed by atoms with van der Waals surface area (Å²) in [6.45, 7) is 5.39. The lowest BCUT2D eigenvalue weighted by atomic mass is 10.1. The van der Waals surface area contributed by atoms with E-state index in [-0.39, 0.29) is 0 Å². The van der Waals surface area contributed by atoms with Gasteiger partial charge in [-0.25, -0.2) is 0 Å². The third kappa shape index (κ3) is 2.25. The molecule has 0 N–H and O–H groups in total. The molecule has 0 aromatic heterocycles. The highest BCUT2D eigenvalue weighted by Gasteiger charge is 2.07. The van der Waals surface area contributed by atoms with Gasteiger partial charge in [-0.15, -0.1) is 0 Å². The summed E-state index contributed by atoms with van der Waals surface area (Å²) in [4.78, 5) is 2.27. The van der Waals surface area contributed by atoms with Gasteiger partial charge in [0.15, 0.2) is 0 Å². The second-order valence-corrected chi connectivity index (χ2v) is 3.97. The summed E-state index contributed by atoms with van der Waals surface area (Å²) in [7, 11) is 2.12. The molecule has 0 aliphatic heterocycles. The Morgan fingerprint density at radius 3 is 2.54 bits per heavy atom. The molecular formula is C11H16BrN. The average molecular weight is 242 g/mol. The van der Waals surface area contributed by atoms with Crippen molar-refractivity contribution in [1.29, 1.82) is 0 Å². The van der Waals surface area contributed by atoms with E-state index in [1.807, 2.05) is 0 Å². The zero-order chi connectivity index (χ0) is 9.84. The lowest BCUT2D eigenvalue weighted by Crippen LogP contribution is -2.17. The molecule has 13 heavy (non-hydrogen) atoms. The molecule has 1 aromatic rings. The van der Waals surface area contributed by atoms with E-state index in [1.54, 1.807) is 0 Å². The van der Waals surface area contributed by atoms with Gasteiger partial charge < -0.3 is 4.90 Å². The maximum atomic E-state index is 3.59. The number of aryl methyl sites for hydroxylation is 1. The van der Waals surface area contributed by atoms with Crippen molar-refractivity contribution in [2.24, 2.45) is 0 Å². The SMILES string of the molecule is CCc1cccc(Br)c1N(C)CC. The Balaban J connectivity index is 3.14. The van der Waals surface area contributed by atoms with Crippen molar-refractivity contribution < 1.29 is 0 Å². The molecule has 0 saturated heterocycles. The molecule has 0 amide bonds. The molecule has 0 saturated carbocycles. The molecule has 2 heteroatoms. The molecule has 0 atom stereocenters. The second kappa shape index (κ2) is 4.66. The number of hydrogen-bond donors (Lipinski definition) is 0. The normalized spacial score (nSPS) is 10.2. The quantitative estimate of drug-likeness (QED) is 0.784. The summed E-state index contributed by atoms with van der Waals surface area (Å²) in [5, 5.41) is 0. The van der Waals surface area contributed by atoms with Crippen LogP contribution in [0.1, 0.15) is 19.4 Å². The third-order valence-electron chi connectivity index (χ3n) is 2.31. The smallest absolute Gasteiger partial charge is 0.0540 e. The van der Waals surface area contributed by atoms with Crippen LogP contribution in [0.25, 0.3) is 0 Å². The van der Waals surface area contributed by atoms with Gasteiger partial charge in [0.25, 0.3) is 0 Å². The van der Waals surface area contributed by atoms with Crippen LogP contribution in [0.2, 0.25) is 0 Å². The van der Waals surface area contributed by atoms with Crippen LogP contribution in [0.5, 0.6) is 0 Å². The van der Waals surface area contributed by atoms with E-state index in [0.29, 0.717) is 0 Å². The summed E-state index contributed by atoms with van der Waals surface area (Å²) in [5.41, 5.74) is 2.73. The van der Waals surface area contributed by atoms with Crippen molar-refractivity contribution >= 4 is 21.6 Å². The number of halogens is 1. The Bertz CT molecular complexity index is 283. The number of hydrogen-bond acceptors (Lipinski definition) is 1. The summed E-state index contributed by atoms with van der Waals surface area (Å²) >= 11 is 3.59. The van der Waals surface area contributed by atoms with Gasteiger partial charge in [0.05, 0.1) is 5.69 Å².